The van der Waals surface area contributed by atoms with Gasteiger partial charge in [0, 0.05) is 11.6 Å². The number of nitrogen functional groups attached to an aromatic ring is 1. The minimum absolute atomic E-state index is 0.0472. The zero-order valence-corrected chi connectivity index (χ0v) is 9.55. The van der Waals surface area contributed by atoms with E-state index in [1.165, 1.54) is 19.2 Å². The average Bonchev–Trinajstić information content (AvgIpc) is 2.71. The van der Waals surface area contributed by atoms with Gasteiger partial charge < -0.3 is 15.6 Å². The minimum atomic E-state index is -0.928. The number of H-pyrrole nitrogens is 1. The maximum Gasteiger partial charge on any atom is 0.208 e. The quantitative estimate of drug-likeness (QED) is 0.770. The van der Waals surface area contributed by atoms with Crippen LogP contribution >= 0.6 is 11.6 Å². The highest BCUT2D eigenvalue weighted by Gasteiger charge is 2.19. The molecule has 17 heavy (non-hydrogen) atoms. The third kappa shape index (κ3) is 1.87. The number of hydrogen-bond donors (Lipinski definition) is 3. The minimum Gasteiger partial charge on any atom is -0.504 e. The summed E-state index contributed by atoms with van der Waals surface area (Å²) in [6.45, 7) is 0. The SMILES string of the molecule is COc1c(Cl)cc(-c2cc(N)n[nH]2)c(O)c1F. The Morgan fingerprint density at radius 1 is 1.53 bits per heavy atom. The second kappa shape index (κ2) is 4.14. The summed E-state index contributed by atoms with van der Waals surface area (Å²) in [7, 11) is 1.26. The fourth-order valence-electron chi connectivity index (χ4n) is 1.46. The zero-order valence-electron chi connectivity index (χ0n) is 8.79. The molecule has 0 atom stereocenters. The molecule has 1 aromatic carbocycles. The van der Waals surface area contributed by atoms with Crippen molar-refractivity contribution in [2.75, 3.05) is 12.8 Å². The van der Waals surface area contributed by atoms with Crippen molar-refractivity contribution in [2.24, 2.45) is 0 Å². The molecule has 90 valence electrons. The van der Waals surface area contributed by atoms with Crippen molar-refractivity contribution in [3.63, 3.8) is 0 Å². The summed E-state index contributed by atoms with van der Waals surface area (Å²) in [6, 6.07) is 2.82. The van der Waals surface area contributed by atoms with Crippen LogP contribution in [0.2, 0.25) is 5.02 Å². The Labute approximate surface area is 101 Å². The number of aromatic amines is 1. The van der Waals surface area contributed by atoms with E-state index in [1.54, 1.807) is 0 Å². The van der Waals surface area contributed by atoms with Gasteiger partial charge in [-0.3, -0.25) is 5.10 Å². The molecule has 0 saturated carbocycles. The monoisotopic (exact) mass is 257 g/mol. The van der Waals surface area contributed by atoms with E-state index in [1.807, 2.05) is 0 Å². The first-order valence-electron chi connectivity index (χ1n) is 4.60. The van der Waals surface area contributed by atoms with Crippen LogP contribution in [0.1, 0.15) is 0 Å². The predicted molar refractivity (Wildman–Crippen MR) is 61.6 cm³/mol. The summed E-state index contributed by atoms with van der Waals surface area (Å²) in [5, 5.41) is 16.0. The summed E-state index contributed by atoms with van der Waals surface area (Å²) in [6.07, 6.45) is 0. The molecule has 4 N–H and O–H groups in total. The summed E-state index contributed by atoms with van der Waals surface area (Å²) < 4.78 is 18.4. The van der Waals surface area contributed by atoms with Gasteiger partial charge in [-0.2, -0.15) is 9.49 Å². The van der Waals surface area contributed by atoms with Gasteiger partial charge in [0.05, 0.1) is 17.8 Å². The van der Waals surface area contributed by atoms with E-state index in [0.29, 0.717) is 5.69 Å². The van der Waals surface area contributed by atoms with Gasteiger partial charge >= 0.3 is 0 Å². The van der Waals surface area contributed by atoms with Crippen LogP contribution in [-0.2, 0) is 0 Å². The molecule has 1 aromatic heterocycles. The van der Waals surface area contributed by atoms with Crippen LogP contribution in [0.5, 0.6) is 11.5 Å². The van der Waals surface area contributed by atoms with E-state index in [-0.39, 0.29) is 22.2 Å². The molecule has 1 heterocycles. The maximum atomic E-state index is 13.7. The van der Waals surface area contributed by atoms with Gasteiger partial charge in [0.1, 0.15) is 5.82 Å². The number of nitrogens with zero attached hydrogens (tertiary/aromatic N) is 1. The molecule has 0 saturated heterocycles. The number of ether oxygens (including phenoxy) is 1. The molecule has 0 fully saturated rings. The third-order valence-corrected chi connectivity index (χ3v) is 2.52. The van der Waals surface area contributed by atoms with Gasteiger partial charge in [-0.15, -0.1) is 0 Å². The van der Waals surface area contributed by atoms with Crippen molar-refractivity contribution in [1.29, 1.82) is 0 Å². The van der Waals surface area contributed by atoms with Gasteiger partial charge in [0.25, 0.3) is 0 Å². The van der Waals surface area contributed by atoms with Gasteiger partial charge in [-0.25, -0.2) is 0 Å². The molecule has 0 bridgehead atoms. The Balaban J connectivity index is 2.64. The van der Waals surface area contributed by atoms with Crippen molar-refractivity contribution >= 4 is 17.4 Å². The summed E-state index contributed by atoms with van der Waals surface area (Å²) in [5.41, 5.74) is 5.95. The van der Waals surface area contributed by atoms with Crippen molar-refractivity contribution in [2.45, 2.75) is 0 Å². The number of phenols is 1. The van der Waals surface area contributed by atoms with Crippen molar-refractivity contribution in [3.05, 3.63) is 23.0 Å². The fraction of sp³-hybridized carbons (Fsp3) is 0.100. The highest BCUT2D eigenvalue weighted by molar-refractivity contribution is 6.32. The number of anilines is 1. The number of benzene rings is 1. The second-order valence-electron chi connectivity index (χ2n) is 3.31. The largest absolute Gasteiger partial charge is 0.504 e. The predicted octanol–water partition coefficient (Wildman–Crippen LogP) is 2.17. The fourth-order valence-corrected chi connectivity index (χ4v) is 1.73. The smallest absolute Gasteiger partial charge is 0.208 e. The normalized spacial score (nSPS) is 10.5. The van der Waals surface area contributed by atoms with E-state index in [2.05, 4.69) is 10.2 Å². The number of methoxy groups -OCH3 is 1. The highest BCUT2D eigenvalue weighted by atomic mass is 35.5. The van der Waals surface area contributed by atoms with E-state index in [4.69, 9.17) is 22.1 Å². The Kier molecular flexibility index (Phi) is 2.81. The number of aromatic nitrogens is 2. The van der Waals surface area contributed by atoms with E-state index >= 15 is 0 Å². The first-order chi connectivity index (χ1) is 8.04. The molecule has 0 unspecified atom stereocenters. The highest BCUT2D eigenvalue weighted by Crippen LogP contribution is 2.40. The molecule has 0 aliphatic carbocycles. The van der Waals surface area contributed by atoms with Crippen molar-refractivity contribution < 1.29 is 14.2 Å². The third-order valence-electron chi connectivity index (χ3n) is 2.24. The Bertz CT molecular complexity index is 571. The topological polar surface area (TPSA) is 84.2 Å². The van der Waals surface area contributed by atoms with E-state index in [9.17, 15) is 9.50 Å². The molecule has 0 radical (unpaired) electrons. The van der Waals surface area contributed by atoms with Crippen LogP contribution in [0.15, 0.2) is 12.1 Å². The second-order valence-corrected chi connectivity index (χ2v) is 3.72. The summed E-state index contributed by atoms with van der Waals surface area (Å²) in [5.74, 6) is -1.48. The van der Waals surface area contributed by atoms with Crippen LogP contribution in [0.4, 0.5) is 10.2 Å². The first kappa shape index (κ1) is 11.5. The molecule has 0 aliphatic heterocycles. The van der Waals surface area contributed by atoms with Gasteiger partial charge in [0.15, 0.2) is 11.5 Å². The van der Waals surface area contributed by atoms with Crippen molar-refractivity contribution in [3.8, 4) is 22.8 Å². The van der Waals surface area contributed by atoms with Gasteiger partial charge in [-0.05, 0) is 6.07 Å². The molecule has 7 heteroatoms. The van der Waals surface area contributed by atoms with E-state index in [0.717, 1.165) is 0 Å². The lowest BCUT2D eigenvalue weighted by atomic mass is 10.1. The summed E-state index contributed by atoms with van der Waals surface area (Å²) >= 11 is 5.82. The first-order valence-corrected chi connectivity index (χ1v) is 4.98. The molecule has 5 nitrogen and oxygen atoms in total. The summed E-state index contributed by atoms with van der Waals surface area (Å²) in [4.78, 5) is 0. The Morgan fingerprint density at radius 3 is 2.76 bits per heavy atom. The number of nitrogens with one attached hydrogen (secondary N) is 1. The molecule has 0 spiro atoms. The van der Waals surface area contributed by atoms with Gasteiger partial charge in [0.2, 0.25) is 5.82 Å². The standard InChI is InChI=1S/C10H9ClFN3O2/c1-17-10-5(11)2-4(9(16)8(10)12)6-3-7(13)15-14-6/h2-3,16H,1H3,(H3,13,14,15). The molecule has 2 aromatic rings. The van der Waals surface area contributed by atoms with E-state index < -0.39 is 11.6 Å². The van der Waals surface area contributed by atoms with Crippen LogP contribution in [0, 0.1) is 5.82 Å². The van der Waals surface area contributed by atoms with Crippen molar-refractivity contribution in [1.82, 2.24) is 10.2 Å². The lowest BCUT2D eigenvalue weighted by Crippen LogP contribution is -1.92. The number of nitrogens with two attached hydrogens (primary N) is 1. The van der Waals surface area contributed by atoms with Gasteiger partial charge in [-0.1, -0.05) is 11.6 Å². The molecular formula is C10H9ClFN3O2. The lowest BCUT2D eigenvalue weighted by Gasteiger charge is -2.09. The number of rotatable bonds is 2. The van der Waals surface area contributed by atoms with Crippen LogP contribution in [-0.4, -0.2) is 22.4 Å². The molecule has 0 amide bonds. The Hall–Kier alpha value is -1.95. The maximum absolute atomic E-state index is 13.7. The molecule has 2 rings (SSSR count). The molecular weight excluding hydrogens is 249 g/mol. The molecule has 0 aliphatic rings. The number of phenolic OH excluding ortho intramolecular Hbond substituents is 1. The van der Waals surface area contributed by atoms with Crippen LogP contribution < -0.4 is 10.5 Å². The number of halogens is 2. The van der Waals surface area contributed by atoms with Crippen LogP contribution in [0.25, 0.3) is 11.3 Å². The Morgan fingerprint density at radius 2 is 2.24 bits per heavy atom. The number of hydrogen-bond acceptors (Lipinski definition) is 4. The zero-order chi connectivity index (χ0) is 12.6. The lowest BCUT2D eigenvalue weighted by molar-refractivity contribution is 0.365. The average molecular weight is 258 g/mol. The van der Waals surface area contributed by atoms with Crippen LogP contribution in [0.3, 0.4) is 0 Å². The number of aromatic hydroxyl groups is 1.